The van der Waals surface area contributed by atoms with Gasteiger partial charge in [0.25, 0.3) is 0 Å². The van der Waals surface area contributed by atoms with E-state index < -0.39 is 0 Å². The van der Waals surface area contributed by atoms with Crippen LogP contribution in [0.2, 0.25) is 0 Å². The highest BCUT2D eigenvalue weighted by Gasteiger charge is 1.99. The van der Waals surface area contributed by atoms with E-state index in [0.717, 1.165) is 16.8 Å². The summed E-state index contributed by atoms with van der Waals surface area (Å²) in [7, 11) is 0. The number of hydrogen-bond acceptors (Lipinski definition) is 3. The molecule has 0 aromatic heterocycles. The molecular formula is C12H16Cl3N3. The molecule has 0 unspecified atom stereocenters. The summed E-state index contributed by atoms with van der Waals surface area (Å²) in [6, 6.07) is 13.3. The van der Waals surface area contributed by atoms with Crippen LogP contribution in [0.5, 0.6) is 0 Å². The molecule has 0 aliphatic rings. The predicted octanol–water partition coefficient (Wildman–Crippen LogP) is 3.37. The quantitative estimate of drug-likeness (QED) is 0.707. The first-order chi connectivity index (χ1) is 7.16. The molecule has 6 heteroatoms. The van der Waals surface area contributed by atoms with Crippen molar-refractivity contribution in [2.45, 2.75) is 0 Å². The fourth-order valence-electron chi connectivity index (χ4n) is 1.43. The highest BCUT2D eigenvalue weighted by Crippen LogP contribution is 2.25. The number of nitrogens with two attached hydrogens (primary N) is 3. The van der Waals surface area contributed by atoms with Crippen LogP contribution in [-0.2, 0) is 0 Å². The highest BCUT2D eigenvalue weighted by atomic mass is 35.5. The van der Waals surface area contributed by atoms with E-state index in [-0.39, 0.29) is 37.2 Å². The average molecular weight is 309 g/mol. The van der Waals surface area contributed by atoms with Gasteiger partial charge in [0, 0.05) is 5.69 Å². The molecule has 0 aliphatic carbocycles. The topological polar surface area (TPSA) is 78.1 Å². The third-order valence-electron chi connectivity index (χ3n) is 2.33. The Hall–Kier alpha value is -1.29. The van der Waals surface area contributed by atoms with Gasteiger partial charge in [-0.1, -0.05) is 18.2 Å². The van der Waals surface area contributed by atoms with E-state index in [9.17, 15) is 0 Å². The van der Waals surface area contributed by atoms with Gasteiger partial charge >= 0.3 is 0 Å². The lowest BCUT2D eigenvalue weighted by Gasteiger charge is -2.05. The van der Waals surface area contributed by atoms with Crippen LogP contribution in [0.4, 0.5) is 17.1 Å². The Labute approximate surface area is 125 Å². The molecule has 2 aromatic carbocycles. The summed E-state index contributed by atoms with van der Waals surface area (Å²) < 4.78 is 0. The molecule has 0 bridgehead atoms. The second kappa shape index (κ2) is 7.93. The van der Waals surface area contributed by atoms with Crippen molar-refractivity contribution in [1.29, 1.82) is 0 Å². The minimum atomic E-state index is 0. The number of hydrogen-bond donors (Lipinski definition) is 3. The number of benzene rings is 2. The summed E-state index contributed by atoms with van der Waals surface area (Å²) in [6.07, 6.45) is 0. The molecule has 2 rings (SSSR count). The maximum Gasteiger partial charge on any atom is 0.0554 e. The van der Waals surface area contributed by atoms with Crippen LogP contribution in [0.15, 0.2) is 42.5 Å². The Bertz CT molecular complexity index is 486. The fourth-order valence-corrected chi connectivity index (χ4v) is 1.43. The lowest BCUT2D eigenvalue weighted by molar-refractivity contribution is 1.60. The number of halogens is 3. The fraction of sp³-hybridized carbons (Fsp3) is 0. The molecule has 100 valence electrons. The van der Waals surface area contributed by atoms with Crippen molar-refractivity contribution in [1.82, 2.24) is 0 Å². The van der Waals surface area contributed by atoms with Gasteiger partial charge in [0.1, 0.15) is 0 Å². The van der Waals surface area contributed by atoms with E-state index in [2.05, 4.69) is 0 Å². The van der Waals surface area contributed by atoms with Gasteiger partial charge in [-0.25, -0.2) is 0 Å². The van der Waals surface area contributed by atoms with Gasteiger partial charge in [-0.2, -0.15) is 0 Å². The molecule has 0 saturated carbocycles. The summed E-state index contributed by atoms with van der Waals surface area (Å²) in [5.41, 5.74) is 21.1. The predicted molar refractivity (Wildman–Crippen MR) is 86.9 cm³/mol. The van der Waals surface area contributed by atoms with Gasteiger partial charge in [-0.3, -0.25) is 0 Å². The molecule has 0 spiro atoms. The van der Waals surface area contributed by atoms with E-state index in [1.807, 2.05) is 36.4 Å². The van der Waals surface area contributed by atoms with Crippen LogP contribution in [0, 0.1) is 0 Å². The first-order valence-corrected chi connectivity index (χ1v) is 4.68. The molecule has 0 atom stereocenters. The van der Waals surface area contributed by atoms with Crippen LogP contribution in [-0.4, -0.2) is 0 Å². The summed E-state index contributed by atoms with van der Waals surface area (Å²) >= 11 is 0. The van der Waals surface area contributed by atoms with Crippen molar-refractivity contribution in [3.8, 4) is 11.1 Å². The minimum Gasteiger partial charge on any atom is -0.399 e. The molecule has 2 aromatic rings. The first kappa shape index (κ1) is 19.1. The summed E-state index contributed by atoms with van der Waals surface area (Å²) in [4.78, 5) is 0. The smallest absolute Gasteiger partial charge is 0.0554 e. The van der Waals surface area contributed by atoms with E-state index in [4.69, 9.17) is 17.2 Å². The van der Waals surface area contributed by atoms with Gasteiger partial charge < -0.3 is 17.2 Å². The number of nitrogen functional groups attached to an aromatic ring is 3. The zero-order chi connectivity index (χ0) is 10.8. The van der Waals surface area contributed by atoms with E-state index in [0.29, 0.717) is 11.4 Å². The third-order valence-corrected chi connectivity index (χ3v) is 2.33. The zero-order valence-electron chi connectivity index (χ0n) is 9.50. The van der Waals surface area contributed by atoms with Crippen LogP contribution in [0.1, 0.15) is 0 Å². The van der Waals surface area contributed by atoms with Gasteiger partial charge in [0.15, 0.2) is 0 Å². The Balaban J connectivity index is 0. The SMILES string of the molecule is Cl.Cl.Cl.Nc1ccc(-c2ccc(N)c(N)c2)cc1. The van der Waals surface area contributed by atoms with Crippen molar-refractivity contribution in [3.05, 3.63) is 42.5 Å². The lowest BCUT2D eigenvalue weighted by Crippen LogP contribution is -1.94. The van der Waals surface area contributed by atoms with Crippen LogP contribution in [0.25, 0.3) is 11.1 Å². The number of rotatable bonds is 1. The van der Waals surface area contributed by atoms with E-state index >= 15 is 0 Å². The Kier molecular flexibility index (Phi) is 8.39. The molecule has 18 heavy (non-hydrogen) atoms. The van der Waals surface area contributed by atoms with Crippen molar-refractivity contribution in [2.24, 2.45) is 0 Å². The van der Waals surface area contributed by atoms with E-state index in [1.165, 1.54) is 0 Å². The largest absolute Gasteiger partial charge is 0.399 e. The Morgan fingerprint density at radius 1 is 0.556 bits per heavy atom. The van der Waals surface area contributed by atoms with Gasteiger partial charge in [0.05, 0.1) is 11.4 Å². The van der Waals surface area contributed by atoms with Crippen LogP contribution >= 0.6 is 37.2 Å². The van der Waals surface area contributed by atoms with Gasteiger partial charge in [0.2, 0.25) is 0 Å². The molecule has 0 heterocycles. The van der Waals surface area contributed by atoms with Gasteiger partial charge in [-0.05, 0) is 35.4 Å². The Morgan fingerprint density at radius 3 is 1.56 bits per heavy atom. The summed E-state index contributed by atoms with van der Waals surface area (Å²) in [5, 5.41) is 0. The first-order valence-electron chi connectivity index (χ1n) is 4.68. The molecule has 0 saturated heterocycles. The third kappa shape index (κ3) is 4.18. The van der Waals surface area contributed by atoms with Crippen molar-refractivity contribution in [2.75, 3.05) is 17.2 Å². The maximum absolute atomic E-state index is 5.74. The van der Waals surface area contributed by atoms with Crippen molar-refractivity contribution < 1.29 is 0 Å². The van der Waals surface area contributed by atoms with Gasteiger partial charge in [-0.15, -0.1) is 37.2 Å². The highest BCUT2D eigenvalue weighted by molar-refractivity contribution is 5.86. The van der Waals surface area contributed by atoms with E-state index in [1.54, 1.807) is 6.07 Å². The average Bonchev–Trinajstić information content (AvgIpc) is 2.23. The standard InChI is InChI=1S/C12H13N3.3ClH/c13-10-4-1-8(2-5-10)9-3-6-11(14)12(15)7-9;;;/h1-7H,13-15H2;3*1H. The molecule has 3 nitrogen and oxygen atoms in total. The minimum absolute atomic E-state index is 0. The second-order valence-electron chi connectivity index (χ2n) is 3.47. The van der Waals surface area contributed by atoms with Crippen LogP contribution < -0.4 is 17.2 Å². The molecule has 0 aliphatic heterocycles. The second-order valence-corrected chi connectivity index (χ2v) is 3.47. The molecule has 0 fully saturated rings. The monoisotopic (exact) mass is 307 g/mol. The normalized spacial score (nSPS) is 8.44. The molecule has 6 N–H and O–H groups in total. The zero-order valence-corrected chi connectivity index (χ0v) is 11.9. The maximum atomic E-state index is 5.74. The Morgan fingerprint density at radius 2 is 1.06 bits per heavy atom. The summed E-state index contributed by atoms with van der Waals surface area (Å²) in [5.74, 6) is 0. The molecule has 0 amide bonds. The van der Waals surface area contributed by atoms with Crippen molar-refractivity contribution in [3.63, 3.8) is 0 Å². The molecular weight excluding hydrogens is 293 g/mol. The lowest BCUT2D eigenvalue weighted by atomic mass is 10.0. The summed E-state index contributed by atoms with van der Waals surface area (Å²) in [6.45, 7) is 0. The number of anilines is 3. The van der Waals surface area contributed by atoms with Crippen molar-refractivity contribution >= 4 is 54.3 Å². The van der Waals surface area contributed by atoms with Crippen LogP contribution in [0.3, 0.4) is 0 Å². The molecule has 0 radical (unpaired) electrons.